The number of hydrogen-bond acceptors (Lipinski definition) is 2. The summed E-state index contributed by atoms with van der Waals surface area (Å²) in [6.45, 7) is 0. The molecule has 2 nitrogen and oxygen atoms in total. The number of halogens is 3. The molecule has 0 radical (unpaired) electrons. The van der Waals surface area contributed by atoms with Gasteiger partial charge in [0.2, 0.25) is 0 Å². The standard InChI is InChI=1S/C16H12BrClFNO/c17-11-3-1-2-10-8-15(21-16(10)11)14(20)7-9-4-5-13(19)12(18)6-9/h1-6,8,14H,7,20H2. The number of rotatable bonds is 3. The molecule has 0 spiro atoms. The predicted octanol–water partition coefficient (Wildman–Crippen LogP) is 5.23. The summed E-state index contributed by atoms with van der Waals surface area (Å²) in [5.41, 5.74) is 7.83. The molecule has 0 fully saturated rings. The van der Waals surface area contributed by atoms with Gasteiger partial charge in [0.15, 0.2) is 0 Å². The normalized spacial score (nSPS) is 12.8. The van der Waals surface area contributed by atoms with E-state index in [-0.39, 0.29) is 11.1 Å². The van der Waals surface area contributed by atoms with Gasteiger partial charge in [0.1, 0.15) is 17.2 Å². The summed E-state index contributed by atoms with van der Waals surface area (Å²) in [6.07, 6.45) is 0.525. The van der Waals surface area contributed by atoms with Crippen molar-refractivity contribution in [3.05, 3.63) is 69.1 Å². The first kappa shape index (κ1) is 14.6. The summed E-state index contributed by atoms with van der Waals surface area (Å²) in [4.78, 5) is 0. The molecule has 0 bridgehead atoms. The number of nitrogens with two attached hydrogens (primary N) is 1. The molecule has 1 aromatic heterocycles. The van der Waals surface area contributed by atoms with Crippen molar-refractivity contribution in [3.8, 4) is 0 Å². The van der Waals surface area contributed by atoms with Gasteiger partial charge in [-0.2, -0.15) is 0 Å². The highest BCUT2D eigenvalue weighted by Crippen LogP contribution is 2.30. The lowest BCUT2D eigenvalue weighted by molar-refractivity contribution is 0.493. The van der Waals surface area contributed by atoms with Gasteiger partial charge < -0.3 is 10.2 Å². The van der Waals surface area contributed by atoms with E-state index >= 15 is 0 Å². The SMILES string of the molecule is NC(Cc1ccc(F)c(Cl)c1)c1cc2cccc(Br)c2o1. The maximum atomic E-state index is 13.2. The van der Waals surface area contributed by atoms with Crippen molar-refractivity contribution in [1.29, 1.82) is 0 Å². The van der Waals surface area contributed by atoms with Crippen molar-refractivity contribution < 1.29 is 8.81 Å². The Balaban J connectivity index is 1.87. The second-order valence-corrected chi connectivity index (χ2v) is 6.13. The molecule has 0 amide bonds. The first-order chi connectivity index (χ1) is 10.0. The molecule has 1 unspecified atom stereocenters. The monoisotopic (exact) mass is 367 g/mol. The molecule has 0 aliphatic carbocycles. The number of para-hydroxylation sites is 1. The number of fused-ring (bicyclic) bond motifs is 1. The molecule has 0 saturated carbocycles. The van der Waals surface area contributed by atoms with Crippen LogP contribution in [0.2, 0.25) is 5.02 Å². The second kappa shape index (κ2) is 5.79. The fourth-order valence-electron chi connectivity index (χ4n) is 2.25. The highest BCUT2D eigenvalue weighted by atomic mass is 79.9. The lowest BCUT2D eigenvalue weighted by Crippen LogP contribution is -2.12. The third-order valence-electron chi connectivity index (χ3n) is 3.32. The van der Waals surface area contributed by atoms with Crippen molar-refractivity contribution in [1.82, 2.24) is 0 Å². The zero-order valence-corrected chi connectivity index (χ0v) is 13.3. The van der Waals surface area contributed by atoms with Crippen LogP contribution in [0.25, 0.3) is 11.0 Å². The van der Waals surface area contributed by atoms with Crippen molar-refractivity contribution in [3.63, 3.8) is 0 Å². The summed E-state index contributed by atoms with van der Waals surface area (Å²) in [5, 5.41) is 1.10. The summed E-state index contributed by atoms with van der Waals surface area (Å²) in [5.74, 6) is 0.263. The van der Waals surface area contributed by atoms with Crippen LogP contribution < -0.4 is 5.73 Å². The van der Waals surface area contributed by atoms with E-state index < -0.39 is 5.82 Å². The van der Waals surface area contributed by atoms with E-state index in [1.54, 1.807) is 12.1 Å². The van der Waals surface area contributed by atoms with Gasteiger partial charge in [0.05, 0.1) is 15.5 Å². The summed E-state index contributed by atoms with van der Waals surface area (Å²) in [7, 11) is 0. The molecule has 21 heavy (non-hydrogen) atoms. The van der Waals surface area contributed by atoms with Gasteiger partial charge in [-0.25, -0.2) is 4.39 Å². The number of hydrogen-bond donors (Lipinski definition) is 1. The minimum atomic E-state index is -0.429. The van der Waals surface area contributed by atoms with Crippen LogP contribution in [0.4, 0.5) is 4.39 Å². The first-order valence-electron chi connectivity index (χ1n) is 6.42. The van der Waals surface area contributed by atoms with E-state index in [4.69, 9.17) is 21.8 Å². The maximum absolute atomic E-state index is 13.2. The van der Waals surface area contributed by atoms with Crippen LogP contribution >= 0.6 is 27.5 Å². The van der Waals surface area contributed by atoms with Crippen molar-refractivity contribution >= 4 is 38.5 Å². The molecule has 0 saturated heterocycles. The molecule has 3 aromatic rings. The Morgan fingerprint density at radius 1 is 1.24 bits per heavy atom. The Hall–Kier alpha value is -1.36. The number of benzene rings is 2. The summed E-state index contributed by atoms with van der Waals surface area (Å²) < 4.78 is 19.9. The lowest BCUT2D eigenvalue weighted by atomic mass is 10.0. The number of furan rings is 1. The molecule has 1 heterocycles. The molecular weight excluding hydrogens is 357 g/mol. The van der Waals surface area contributed by atoms with Gasteiger partial charge in [-0.15, -0.1) is 0 Å². The Bertz CT molecular complexity index is 802. The van der Waals surface area contributed by atoms with Gasteiger partial charge >= 0.3 is 0 Å². The van der Waals surface area contributed by atoms with E-state index in [1.165, 1.54) is 6.07 Å². The topological polar surface area (TPSA) is 39.2 Å². The molecule has 0 aliphatic rings. The van der Waals surface area contributed by atoms with Gasteiger partial charge in [-0.3, -0.25) is 0 Å². The van der Waals surface area contributed by atoms with Crippen LogP contribution in [-0.2, 0) is 6.42 Å². The van der Waals surface area contributed by atoms with Crippen LogP contribution in [0.15, 0.2) is 51.4 Å². The largest absolute Gasteiger partial charge is 0.458 e. The minimum Gasteiger partial charge on any atom is -0.458 e. The molecule has 0 aliphatic heterocycles. The van der Waals surface area contributed by atoms with E-state index in [0.717, 1.165) is 21.0 Å². The molecule has 1 atom stereocenters. The van der Waals surface area contributed by atoms with Gasteiger partial charge in [0.25, 0.3) is 0 Å². The Kier molecular flexibility index (Phi) is 4.02. The summed E-state index contributed by atoms with van der Waals surface area (Å²) in [6, 6.07) is 12.1. The van der Waals surface area contributed by atoms with Crippen molar-refractivity contribution in [2.45, 2.75) is 12.5 Å². The first-order valence-corrected chi connectivity index (χ1v) is 7.59. The van der Waals surface area contributed by atoms with Crippen LogP contribution in [0.3, 0.4) is 0 Å². The third-order valence-corrected chi connectivity index (χ3v) is 4.23. The quantitative estimate of drug-likeness (QED) is 0.687. The van der Waals surface area contributed by atoms with Gasteiger partial charge in [-0.05, 0) is 52.2 Å². The fraction of sp³-hybridized carbons (Fsp3) is 0.125. The van der Waals surface area contributed by atoms with E-state index in [1.807, 2.05) is 24.3 Å². The van der Waals surface area contributed by atoms with Crippen LogP contribution in [-0.4, -0.2) is 0 Å². The van der Waals surface area contributed by atoms with Crippen LogP contribution in [0.5, 0.6) is 0 Å². The zero-order valence-electron chi connectivity index (χ0n) is 10.9. The molecular formula is C16H12BrClFNO. The molecule has 5 heteroatoms. The van der Waals surface area contributed by atoms with E-state index in [2.05, 4.69) is 15.9 Å². The van der Waals surface area contributed by atoms with Gasteiger partial charge in [0, 0.05) is 5.39 Å². The van der Waals surface area contributed by atoms with E-state index in [0.29, 0.717) is 12.2 Å². The van der Waals surface area contributed by atoms with Gasteiger partial charge in [-0.1, -0.05) is 29.8 Å². The lowest BCUT2D eigenvalue weighted by Gasteiger charge is -2.09. The van der Waals surface area contributed by atoms with Crippen molar-refractivity contribution in [2.24, 2.45) is 5.73 Å². The third kappa shape index (κ3) is 2.98. The molecule has 3 rings (SSSR count). The van der Waals surface area contributed by atoms with Crippen LogP contribution in [0, 0.1) is 5.82 Å². The maximum Gasteiger partial charge on any atom is 0.148 e. The minimum absolute atomic E-state index is 0.104. The fourth-order valence-corrected chi connectivity index (χ4v) is 2.92. The van der Waals surface area contributed by atoms with E-state index in [9.17, 15) is 4.39 Å². The highest BCUT2D eigenvalue weighted by Gasteiger charge is 2.14. The molecule has 2 aromatic carbocycles. The molecule has 108 valence electrons. The average Bonchev–Trinajstić information content (AvgIpc) is 2.89. The molecule has 2 N–H and O–H groups in total. The van der Waals surface area contributed by atoms with Crippen molar-refractivity contribution in [2.75, 3.05) is 0 Å². The summed E-state index contributed by atoms with van der Waals surface area (Å²) >= 11 is 9.23. The Morgan fingerprint density at radius 3 is 2.76 bits per heavy atom. The average molecular weight is 369 g/mol. The smallest absolute Gasteiger partial charge is 0.148 e. The predicted molar refractivity (Wildman–Crippen MR) is 86.0 cm³/mol. The Morgan fingerprint density at radius 2 is 2.05 bits per heavy atom. The Labute approximate surface area is 134 Å². The second-order valence-electron chi connectivity index (χ2n) is 4.87. The zero-order chi connectivity index (χ0) is 15.0. The highest BCUT2D eigenvalue weighted by molar-refractivity contribution is 9.10. The van der Waals surface area contributed by atoms with Crippen LogP contribution in [0.1, 0.15) is 17.4 Å².